The molecule has 2 atom stereocenters. The molecule has 17 heavy (non-hydrogen) atoms. The predicted molar refractivity (Wildman–Crippen MR) is 79.2 cm³/mol. The molecule has 0 aliphatic rings. The number of hydrogen-bond acceptors (Lipinski definition) is 2. The largest absolute Gasteiger partial charge is 0.327 e. The Labute approximate surface area is 110 Å². The summed E-state index contributed by atoms with van der Waals surface area (Å²) in [6, 6.07) is 10.9. The normalized spacial score (nSPS) is 15.6. The van der Waals surface area contributed by atoms with Crippen molar-refractivity contribution in [1.29, 1.82) is 0 Å². The number of rotatable bonds is 5. The standard InChI is InChI=1S/C15H25NS/c1-5-13(16)14(15(2,3)4)17-11-12-9-7-6-8-10-12/h6-10,13-14H,5,11,16H2,1-4H3. The molecule has 0 heterocycles. The van der Waals surface area contributed by atoms with Crippen LogP contribution in [0.1, 0.15) is 39.7 Å². The molecule has 0 aromatic heterocycles. The van der Waals surface area contributed by atoms with Crippen molar-refractivity contribution < 1.29 is 0 Å². The maximum Gasteiger partial charge on any atom is 0.0250 e. The summed E-state index contributed by atoms with van der Waals surface area (Å²) in [7, 11) is 0. The molecule has 1 nitrogen and oxygen atoms in total. The van der Waals surface area contributed by atoms with Crippen molar-refractivity contribution >= 4 is 11.8 Å². The molecule has 2 unspecified atom stereocenters. The van der Waals surface area contributed by atoms with Crippen molar-refractivity contribution in [3.63, 3.8) is 0 Å². The van der Waals surface area contributed by atoms with Gasteiger partial charge in [-0.2, -0.15) is 11.8 Å². The molecule has 0 amide bonds. The first kappa shape index (κ1) is 14.6. The number of nitrogens with two attached hydrogens (primary N) is 1. The van der Waals surface area contributed by atoms with Gasteiger partial charge in [-0.25, -0.2) is 0 Å². The maximum atomic E-state index is 6.25. The van der Waals surface area contributed by atoms with Crippen molar-refractivity contribution in [2.75, 3.05) is 0 Å². The van der Waals surface area contributed by atoms with Gasteiger partial charge in [-0.05, 0) is 17.4 Å². The molecule has 2 heteroatoms. The number of hydrogen-bond donors (Lipinski definition) is 1. The fourth-order valence-corrected chi connectivity index (χ4v) is 3.49. The second-order valence-corrected chi connectivity index (χ2v) is 6.79. The summed E-state index contributed by atoms with van der Waals surface area (Å²) in [6.07, 6.45) is 1.05. The third-order valence-electron chi connectivity index (χ3n) is 2.99. The summed E-state index contributed by atoms with van der Waals surface area (Å²) in [5.41, 5.74) is 7.89. The molecule has 1 rings (SSSR count). The Bertz CT molecular complexity index is 315. The van der Waals surface area contributed by atoms with Gasteiger partial charge in [-0.15, -0.1) is 0 Å². The number of benzene rings is 1. The molecule has 2 N–H and O–H groups in total. The molecule has 0 fully saturated rings. The van der Waals surface area contributed by atoms with Gasteiger partial charge in [0, 0.05) is 17.0 Å². The van der Waals surface area contributed by atoms with Crippen LogP contribution in [0, 0.1) is 5.41 Å². The van der Waals surface area contributed by atoms with E-state index in [-0.39, 0.29) is 11.5 Å². The van der Waals surface area contributed by atoms with Crippen LogP contribution in [0.25, 0.3) is 0 Å². The SMILES string of the molecule is CCC(N)C(SCc1ccccc1)C(C)(C)C. The highest BCUT2D eigenvalue weighted by Crippen LogP contribution is 2.34. The quantitative estimate of drug-likeness (QED) is 0.853. The molecule has 1 aromatic rings. The van der Waals surface area contributed by atoms with Gasteiger partial charge in [0.2, 0.25) is 0 Å². The number of thioether (sulfide) groups is 1. The highest BCUT2D eigenvalue weighted by atomic mass is 32.2. The second kappa shape index (κ2) is 6.46. The Morgan fingerprint density at radius 3 is 2.24 bits per heavy atom. The molecule has 96 valence electrons. The molecule has 0 bridgehead atoms. The third-order valence-corrected chi connectivity index (χ3v) is 4.90. The Morgan fingerprint density at radius 1 is 1.18 bits per heavy atom. The first-order valence-electron chi connectivity index (χ1n) is 6.36. The lowest BCUT2D eigenvalue weighted by Gasteiger charge is -2.34. The average molecular weight is 251 g/mol. The maximum absolute atomic E-state index is 6.25. The van der Waals surface area contributed by atoms with Crippen LogP contribution in [0.2, 0.25) is 0 Å². The Morgan fingerprint density at radius 2 is 1.76 bits per heavy atom. The summed E-state index contributed by atoms with van der Waals surface area (Å²) in [6.45, 7) is 9.02. The Hall–Kier alpha value is -0.470. The van der Waals surface area contributed by atoms with E-state index in [1.54, 1.807) is 0 Å². The van der Waals surface area contributed by atoms with E-state index in [0.717, 1.165) is 12.2 Å². The molecule has 0 radical (unpaired) electrons. The van der Waals surface area contributed by atoms with Crippen LogP contribution in [0.4, 0.5) is 0 Å². The van der Waals surface area contributed by atoms with Crippen LogP contribution in [-0.2, 0) is 5.75 Å². The first-order chi connectivity index (χ1) is 7.95. The van der Waals surface area contributed by atoms with Crippen molar-refractivity contribution in [2.24, 2.45) is 11.1 Å². The van der Waals surface area contributed by atoms with Gasteiger partial charge in [-0.3, -0.25) is 0 Å². The minimum absolute atomic E-state index is 0.259. The molecule has 1 aromatic carbocycles. The molecule has 0 spiro atoms. The minimum Gasteiger partial charge on any atom is -0.327 e. The van der Waals surface area contributed by atoms with Gasteiger partial charge in [0.25, 0.3) is 0 Å². The van der Waals surface area contributed by atoms with Crippen molar-refractivity contribution in [1.82, 2.24) is 0 Å². The summed E-state index contributed by atoms with van der Waals surface area (Å²) < 4.78 is 0. The van der Waals surface area contributed by atoms with Gasteiger partial charge in [0.1, 0.15) is 0 Å². The lowest BCUT2D eigenvalue weighted by atomic mass is 9.87. The van der Waals surface area contributed by atoms with E-state index in [0.29, 0.717) is 5.25 Å². The lowest BCUT2D eigenvalue weighted by Crippen LogP contribution is -2.40. The van der Waals surface area contributed by atoms with Crippen LogP contribution < -0.4 is 5.73 Å². The van der Waals surface area contributed by atoms with Crippen molar-refractivity contribution in [3.05, 3.63) is 35.9 Å². The van der Waals surface area contributed by atoms with Crippen LogP contribution in [0.15, 0.2) is 30.3 Å². The van der Waals surface area contributed by atoms with Gasteiger partial charge in [-0.1, -0.05) is 58.0 Å². The summed E-state index contributed by atoms with van der Waals surface area (Å²) >= 11 is 1.99. The van der Waals surface area contributed by atoms with Gasteiger partial charge in [0.05, 0.1) is 0 Å². The molecular formula is C15H25NS. The smallest absolute Gasteiger partial charge is 0.0250 e. The average Bonchev–Trinajstić information content (AvgIpc) is 2.28. The van der Waals surface area contributed by atoms with Gasteiger partial charge < -0.3 is 5.73 Å². The monoisotopic (exact) mass is 251 g/mol. The highest BCUT2D eigenvalue weighted by molar-refractivity contribution is 7.99. The Kier molecular flexibility index (Phi) is 5.54. The van der Waals surface area contributed by atoms with Crippen LogP contribution in [-0.4, -0.2) is 11.3 Å². The summed E-state index contributed by atoms with van der Waals surface area (Å²) in [4.78, 5) is 0. The second-order valence-electron chi connectivity index (χ2n) is 5.66. The Balaban J connectivity index is 2.62. The summed E-state index contributed by atoms with van der Waals surface area (Å²) in [5.74, 6) is 1.05. The fourth-order valence-electron chi connectivity index (χ4n) is 1.99. The molecule has 0 aliphatic carbocycles. The molecular weight excluding hydrogens is 226 g/mol. The van der Waals surface area contributed by atoms with E-state index in [1.165, 1.54) is 5.56 Å². The zero-order chi connectivity index (χ0) is 12.9. The predicted octanol–water partition coefficient (Wildman–Crippen LogP) is 4.07. The van der Waals surface area contributed by atoms with E-state index in [1.807, 2.05) is 11.8 Å². The van der Waals surface area contributed by atoms with Crippen LogP contribution in [0.3, 0.4) is 0 Å². The minimum atomic E-state index is 0.259. The fraction of sp³-hybridized carbons (Fsp3) is 0.600. The van der Waals surface area contributed by atoms with Crippen LogP contribution >= 0.6 is 11.8 Å². The van der Waals surface area contributed by atoms with Crippen molar-refractivity contribution in [3.8, 4) is 0 Å². The first-order valence-corrected chi connectivity index (χ1v) is 7.41. The van der Waals surface area contributed by atoms with Crippen LogP contribution in [0.5, 0.6) is 0 Å². The van der Waals surface area contributed by atoms with E-state index in [4.69, 9.17) is 5.73 Å². The topological polar surface area (TPSA) is 26.0 Å². The molecule has 0 aliphatic heterocycles. The van der Waals surface area contributed by atoms with Gasteiger partial charge in [0.15, 0.2) is 0 Å². The zero-order valence-electron chi connectivity index (χ0n) is 11.4. The third kappa shape index (κ3) is 4.72. The van der Waals surface area contributed by atoms with Gasteiger partial charge >= 0.3 is 0 Å². The summed E-state index contributed by atoms with van der Waals surface area (Å²) in [5, 5.41) is 0.507. The van der Waals surface area contributed by atoms with E-state index in [9.17, 15) is 0 Å². The van der Waals surface area contributed by atoms with E-state index in [2.05, 4.69) is 58.0 Å². The molecule has 0 saturated carbocycles. The van der Waals surface area contributed by atoms with E-state index >= 15 is 0 Å². The zero-order valence-corrected chi connectivity index (χ0v) is 12.3. The van der Waals surface area contributed by atoms with Crippen molar-refractivity contribution in [2.45, 2.75) is 51.2 Å². The molecule has 0 saturated heterocycles. The van der Waals surface area contributed by atoms with E-state index < -0.39 is 0 Å². The highest BCUT2D eigenvalue weighted by Gasteiger charge is 2.29. The lowest BCUT2D eigenvalue weighted by molar-refractivity contribution is 0.350.